The maximum absolute atomic E-state index is 10.5. The van der Waals surface area contributed by atoms with Crippen molar-refractivity contribution < 1.29 is 35.1 Å². The van der Waals surface area contributed by atoms with E-state index >= 15 is 0 Å². The second kappa shape index (κ2) is 4.20. The lowest BCUT2D eigenvalue weighted by Gasteiger charge is -2.38. The molecule has 0 spiro atoms. The number of carboxylic acid groups (broad SMARTS) is 1. The Kier molecular flexibility index (Phi) is 3.40. The van der Waals surface area contributed by atoms with Crippen LogP contribution >= 0.6 is 0 Å². The van der Waals surface area contributed by atoms with E-state index in [1.54, 1.807) is 0 Å². The van der Waals surface area contributed by atoms with Crippen LogP contribution in [0.4, 0.5) is 0 Å². The summed E-state index contributed by atoms with van der Waals surface area (Å²) in [7, 11) is 0. The summed E-state index contributed by atoms with van der Waals surface area (Å²) >= 11 is 0. The van der Waals surface area contributed by atoms with E-state index in [1.165, 1.54) is 0 Å². The summed E-state index contributed by atoms with van der Waals surface area (Å²) in [6.07, 6.45) is -7.67. The summed E-state index contributed by atoms with van der Waals surface area (Å²) in [5, 5.41) is 44.9. The summed E-state index contributed by atoms with van der Waals surface area (Å²) < 4.78 is 4.68. The first-order valence-electron chi connectivity index (χ1n) is 4.02. The van der Waals surface area contributed by atoms with Gasteiger partial charge in [-0.25, -0.2) is 4.79 Å². The number of hydrogen-bond donors (Lipinski definition) is 5. The van der Waals surface area contributed by atoms with E-state index in [-0.39, 0.29) is 0 Å². The van der Waals surface area contributed by atoms with Crippen molar-refractivity contribution in [1.29, 1.82) is 0 Å². The third-order valence-corrected chi connectivity index (χ3v) is 2.14. The molecular weight excluding hydrogens is 196 g/mol. The molecule has 0 aromatic heterocycles. The van der Waals surface area contributed by atoms with Crippen LogP contribution in [0.3, 0.4) is 0 Å². The van der Waals surface area contributed by atoms with Gasteiger partial charge in [0.25, 0.3) is 0 Å². The summed E-state index contributed by atoms with van der Waals surface area (Å²) in [6.45, 7) is -0.630. The monoisotopic (exact) mass is 208 g/mol. The van der Waals surface area contributed by atoms with E-state index in [0.717, 1.165) is 0 Å². The van der Waals surface area contributed by atoms with E-state index in [9.17, 15) is 20.1 Å². The van der Waals surface area contributed by atoms with Gasteiger partial charge in [-0.2, -0.15) is 0 Å². The van der Waals surface area contributed by atoms with Crippen molar-refractivity contribution in [3.8, 4) is 0 Å². The Morgan fingerprint density at radius 2 is 1.71 bits per heavy atom. The fourth-order valence-corrected chi connectivity index (χ4v) is 1.31. The van der Waals surface area contributed by atoms with E-state index in [1.807, 2.05) is 0 Å². The average molecular weight is 208 g/mol. The van der Waals surface area contributed by atoms with Gasteiger partial charge in [0.1, 0.15) is 24.4 Å². The largest absolute Gasteiger partial charge is 0.479 e. The van der Waals surface area contributed by atoms with Gasteiger partial charge < -0.3 is 30.3 Å². The van der Waals surface area contributed by atoms with E-state index in [4.69, 9.17) is 10.2 Å². The fourth-order valence-electron chi connectivity index (χ4n) is 1.31. The van der Waals surface area contributed by atoms with Crippen LogP contribution in [0.15, 0.2) is 0 Å². The number of hydrogen-bond acceptors (Lipinski definition) is 6. The lowest BCUT2D eigenvalue weighted by atomic mass is 9.95. The summed E-state index contributed by atoms with van der Waals surface area (Å²) in [4.78, 5) is 10.5. The zero-order valence-electron chi connectivity index (χ0n) is 7.15. The minimum absolute atomic E-state index is 0.630. The molecule has 1 fully saturated rings. The van der Waals surface area contributed by atoms with Crippen LogP contribution in [0.2, 0.25) is 0 Å². The molecule has 1 saturated heterocycles. The number of carboxylic acids is 1. The Balaban J connectivity index is 2.78. The molecule has 0 aromatic carbocycles. The van der Waals surface area contributed by atoms with Gasteiger partial charge in [0.15, 0.2) is 6.10 Å². The summed E-state index contributed by atoms with van der Waals surface area (Å²) in [6, 6.07) is 0. The number of carbonyl (C=O) groups is 1. The molecule has 0 saturated carbocycles. The minimum Gasteiger partial charge on any atom is -0.479 e. The van der Waals surface area contributed by atoms with Crippen LogP contribution in [0, 0.1) is 0 Å². The quantitative estimate of drug-likeness (QED) is 0.325. The molecule has 1 unspecified atom stereocenters. The predicted molar refractivity (Wildman–Crippen MR) is 41.4 cm³/mol. The molecule has 5 N–H and O–H groups in total. The van der Waals surface area contributed by atoms with Crippen molar-refractivity contribution in [3.05, 3.63) is 0 Å². The molecule has 7 heteroatoms. The molecule has 1 rings (SSSR count). The van der Waals surface area contributed by atoms with Crippen molar-refractivity contribution >= 4 is 5.97 Å². The standard InChI is InChI=1S/C7H12O7/c8-1-2-3(9)4(10)5(11)6(14-2)7(12)13/h2-6,8-11H,1H2,(H,12,13)/t2-,3+,4-,5-,6?/m1/s1. The van der Waals surface area contributed by atoms with Gasteiger partial charge in [0, 0.05) is 0 Å². The Labute approximate surface area is 79.2 Å². The van der Waals surface area contributed by atoms with Crippen molar-refractivity contribution in [3.63, 3.8) is 0 Å². The molecule has 0 amide bonds. The van der Waals surface area contributed by atoms with Gasteiger partial charge in [-0.15, -0.1) is 0 Å². The SMILES string of the molecule is O=C(O)C1O[C@H](CO)[C@H](O)[C@@H](O)[C@H]1O. The second-order valence-corrected chi connectivity index (χ2v) is 3.09. The molecule has 0 radical (unpaired) electrons. The van der Waals surface area contributed by atoms with Crippen molar-refractivity contribution in [2.45, 2.75) is 30.5 Å². The highest BCUT2D eigenvalue weighted by Gasteiger charge is 2.46. The molecule has 0 bridgehead atoms. The first kappa shape index (κ1) is 11.3. The molecule has 1 aliphatic heterocycles. The second-order valence-electron chi connectivity index (χ2n) is 3.09. The Hall–Kier alpha value is -0.730. The lowest BCUT2D eigenvalue weighted by molar-refractivity contribution is -0.233. The van der Waals surface area contributed by atoms with Crippen LogP contribution in [0.25, 0.3) is 0 Å². The van der Waals surface area contributed by atoms with Gasteiger partial charge in [-0.1, -0.05) is 0 Å². The maximum Gasteiger partial charge on any atom is 0.335 e. The highest BCUT2D eigenvalue weighted by molar-refractivity contribution is 5.73. The summed E-state index contributed by atoms with van der Waals surface area (Å²) in [5.74, 6) is -1.46. The number of aliphatic carboxylic acids is 1. The van der Waals surface area contributed by atoms with Crippen LogP contribution in [-0.4, -0.2) is 68.6 Å². The van der Waals surface area contributed by atoms with Crippen molar-refractivity contribution in [2.24, 2.45) is 0 Å². The molecule has 14 heavy (non-hydrogen) atoms. The van der Waals surface area contributed by atoms with Crippen LogP contribution in [0.5, 0.6) is 0 Å². The van der Waals surface area contributed by atoms with Gasteiger partial charge in [0.2, 0.25) is 0 Å². The van der Waals surface area contributed by atoms with E-state index in [2.05, 4.69) is 4.74 Å². The number of aliphatic hydroxyl groups excluding tert-OH is 4. The molecule has 7 nitrogen and oxygen atoms in total. The van der Waals surface area contributed by atoms with Gasteiger partial charge in [0.05, 0.1) is 6.61 Å². The summed E-state index contributed by atoms with van der Waals surface area (Å²) in [5.41, 5.74) is 0. The number of ether oxygens (including phenoxy) is 1. The molecule has 0 aliphatic carbocycles. The molecule has 1 heterocycles. The zero-order chi connectivity index (χ0) is 10.9. The first-order valence-corrected chi connectivity index (χ1v) is 4.02. The molecule has 82 valence electrons. The van der Waals surface area contributed by atoms with Gasteiger partial charge >= 0.3 is 5.97 Å². The van der Waals surface area contributed by atoms with Crippen LogP contribution in [-0.2, 0) is 9.53 Å². The Morgan fingerprint density at radius 1 is 1.14 bits per heavy atom. The maximum atomic E-state index is 10.5. The fraction of sp³-hybridized carbons (Fsp3) is 0.857. The molecule has 1 aliphatic rings. The van der Waals surface area contributed by atoms with Gasteiger partial charge in [-0.3, -0.25) is 0 Å². The van der Waals surface area contributed by atoms with Crippen molar-refractivity contribution in [1.82, 2.24) is 0 Å². The van der Waals surface area contributed by atoms with E-state index < -0.39 is 43.1 Å². The van der Waals surface area contributed by atoms with Crippen LogP contribution in [0.1, 0.15) is 0 Å². The Bertz CT molecular complexity index is 216. The highest BCUT2D eigenvalue weighted by Crippen LogP contribution is 2.20. The molecule has 0 aromatic rings. The normalized spacial score (nSPS) is 43.6. The van der Waals surface area contributed by atoms with Crippen LogP contribution < -0.4 is 0 Å². The third-order valence-electron chi connectivity index (χ3n) is 2.14. The lowest BCUT2D eigenvalue weighted by Crippen LogP contribution is -2.60. The van der Waals surface area contributed by atoms with Crippen molar-refractivity contribution in [2.75, 3.05) is 6.61 Å². The molecule has 5 atom stereocenters. The zero-order valence-corrected chi connectivity index (χ0v) is 7.15. The minimum atomic E-state index is -1.70. The third kappa shape index (κ3) is 1.86. The topological polar surface area (TPSA) is 127 Å². The van der Waals surface area contributed by atoms with E-state index in [0.29, 0.717) is 0 Å². The average Bonchev–Trinajstić information content (AvgIpc) is 2.14. The number of rotatable bonds is 2. The smallest absolute Gasteiger partial charge is 0.335 e. The first-order chi connectivity index (χ1) is 6.49. The van der Waals surface area contributed by atoms with Gasteiger partial charge in [-0.05, 0) is 0 Å². The Morgan fingerprint density at radius 3 is 2.14 bits per heavy atom. The predicted octanol–water partition coefficient (Wildman–Crippen LogP) is -3.09. The number of aliphatic hydroxyl groups is 4. The molecular formula is C7H12O7. The highest BCUT2D eigenvalue weighted by atomic mass is 16.6.